The predicted octanol–water partition coefficient (Wildman–Crippen LogP) is 2.94. The zero-order chi connectivity index (χ0) is 21.0. The average Bonchev–Trinajstić information content (AvgIpc) is 3.54. The molecule has 1 aliphatic rings. The third kappa shape index (κ3) is 5.21. The molecule has 9 heteroatoms. The van der Waals surface area contributed by atoms with Gasteiger partial charge in [0, 0.05) is 24.2 Å². The predicted molar refractivity (Wildman–Crippen MR) is 106 cm³/mol. The van der Waals surface area contributed by atoms with Crippen molar-refractivity contribution in [3.63, 3.8) is 0 Å². The summed E-state index contributed by atoms with van der Waals surface area (Å²) >= 11 is 6.18. The minimum atomic E-state index is -0.667. The fourth-order valence-corrected chi connectivity index (χ4v) is 3.27. The van der Waals surface area contributed by atoms with Gasteiger partial charge in [0.15, 0.2) is 11.6 Å². The first-order chi connectivity index (χ1) is 13.9. The van der Waals surface area contributed by atoms with Crippen molar-refractivity contribution >= 4 is 23.9 Å². The smallest absolute Gasteiger partial charge is 0.267 e. The molecule has 1 aromatic carbocycles. The topological polar surface area (TPSA) is 106 Å². The van der Waals surface area contributed by atoms with E-state index in [1.54, 1.807) is 12.1 Å². The first-order valence-electron chi connectivity index (χ1n) is 9.25. The quantitative estimate of drug-likeness (QED) is 0.512. The molecule has 2 atom stereocenters. The Morgan fingerprint density at radius 2 is 2.17 bits per heavy atom. The molecule has 1 heterocycles. The standard InChI is InChI=1S/C20H22ClFN4O3/c1-11(8-24-10-27)26-18(12-2-3-12)14-5-6-15(21)19(17(14)22)29-13-4-7-16(20(23)28)25-9-13/h4-7,9-12,18,26H,2-3,8H2,1H3,(H2,23,28)(H,24,27)/t11-,18-/m1/s1. The molecule has 7 nitrogen and oxygen atoms in total. The second kappa shape index (κ2) is 9.19. The van der Waals surface area contributed by atoms with Crippen LogP contribution < -0.4 is 21.1 Å². The molecule has 0 spiro atoms. The van der Waals surface area contributed by atoms with Gasteiger partial charge in [0.25, 0.3) is 5.91 Å². The van der Waals surface area contributed by atoms with Crippen molar-refractivity contribution in [3.05, 3.63) is 52.6 Å². The molecule has 0 saturated heterocycles. The monoisotopic (exact) mass is 420 g/mol. The summed E-state index contributed by atoms with van der Waals surface area (Å²) in [5.74, 6) is -0.805. The van der Waals surface area contributed by atoms with Gasteiger partial charge < -0.3 is 21.1 Å². The molecule has 154 valence electrons. The normalized spacial score (nSPS) is 15.4. The van der Waals surface area contributed by atoms with Gasteiger partial charge in [-0.05, 0) is 43.9 Å². The summed E-state index contributed by atoms with van der Waals surface area (Å²) in [6, 6.07) is 5.83. The Morgan fingerprint density at radius 1 is 1.41 bits per heavy atom. The molecule has 4 N–H and O–H groups in total. The summed E-state index contributed by atoms with van der Waals surface area (Å²) in [7, 11) is 0. The van der Waals surface area contributed by atoms with Gasteiger partial charge in [-0.2, -0.15) is 0 Å². The number of ether oxygens (including phenoxy) is 1. The van der Waals surface area contributed by atoms with Crippen LogP contribution in [0.15, 0.2) is 30.5 Å². The Hall–Kier alpha value is -2.71. The number of nitrogens with two attached hydrogens (primary N) is 1. The molecule has 0 radical (unpaired) electrons. The number of nitrogens with one attached hydrogen (secondary N) is 2. The molecule has 2 amide bonds. The van der Waals surface area contributed by atoms with Crippen LogP contribution in [0.25, 0.3) is 0 Å². The highest BCUT2D eigenvalue weighted by atomic mass is 35.5. The highest BCUT2D eigenvalue weighted by Gasteiger charge is 2.35. The van der Waals surface area contributed by atoms with Crippen molar-refractivity contribution in [2.75, 3.05) is 6.54 Å². The van der Waals surface area contributed by atoms with E-state index in [9.17, 15) is 9.59 Å². The van der Waals surface area contributed by atoms with E-state index in [2.05, 4.69) is 15.6 Å². The lowest BCUT2D eigenvalue weighted by Gasteiger charge is -2.25. The van der Waals surface area contributed by atoms with E-state index in [1.165, 1.54) is 18.3 Å². The van der Waals surface area contributed by atoms with Crippen LogP contribution in [0, 0.1) is 11.7 Å². The van der Waals surface area contributed by atoms with Gasteiger partial charge in [-0.1, -0.05) is 17.7 Å². The lowest BCUT2D eigenvalue weighted by Crippen LogP contribution is -2.39. The van der Waals surface area contributed by atoms with Crippen molar-refractivity contribution in [2.45, 2.75) is 31.8 Å². The van der Waals surface area contributed by atoms with Crippen molar-refractivity contribution in [3.8, 4) is 11.5 Å². The van der Waals surface area contributed by atoms with E-state index < -0.39 is 11.7 Å². The summed E-state index contributed by atoms with van der Waals surface area (Å²) in [6.45, 7) is 2.35. The van der Waals surface area contributed by atoms with Crippen molar-refractivity contribution in [2.24, 2.45) is 11.7 Å². The number of nitrogens with zero attached hydrogens (tertiary/aromatic N) is 1. The zero-order valence-corrected chi connectivity index (χ0v) is 16.6. The largest absolute Gasteiger partial charge is 0.451 e. The number of pyridine rings is 1. The molecule has 0 bridgehead atoms. The Balaban J connectivity index is 1.85. The number of amides is 2. The third-order valence-corrected chi connectivity index (χ3v) is 4.99. The molecule has 1 aromatic heterocycles. The fourth-order valence-electron chi connectivity index (χ4n) is 3.09. The van der Waals surface area contributed by atoms with E-state index in [0.717, 1.165) is 12.8 Å². The third-order valence-electron chi connectivity index (χ3n) is 4.69. The minimum Gasteiger partial charge on any atom is -0.451 e. The molecule has 0 aliphatic heterocycles. The van der Waals surface area contributed by atoms with Gasteiger partial charge in [-0.15, -0.1) is 0 Å². The Bertz CT molecular complexity index is 890. The van der Waals surface area contributed by atoms with Gasteiger partial charge >= 0.3 is 0 Å². The minimum absolute atomic E-state index is 0.0456. The highest BCUT2D eigenvalue weighted by Crippen LogP contribution is 2.44. The number of halogens is 2. The molecule has 3 rings (SSSR count). The second-order valence-electron chi connectivity index (χ2n) is 7.03. The number of hydrogen-bond acceptors (Lipinski definition) is 5. The van der Waals surface area contributed by atoms with Gasteiger partial charge in [-0.25, -0.2) is 9.37 Å². The summed E-state index contributed by atoms with van der Waals surface area (Å²) in [5.41, 5.74) is 5.70. The number of benzene rings is 1. The average molecular weight is 421 g/mol. The molecular weight excluding hydrogens is 399 g/mol. The van der Waals surface area contributed by atoms with E-state index in [-0.39, 0.29) is 34.3 Å². The maximum absolute atomic E-state index is 15.4. The number of rotatable bonds is 10. The number of carbonyl (C=O) groups excluding carboxylic acids is 2. The molecule has 2 aromatic rings. The second-order valence-corrected chi connectivity index (χ2v) is 7.44. The van der Waals surface area contributed by atoms with E-state index in [0.29, 0.717) is 24.4 Å². The lowest BCUT2D eigenvalue weighted by molar-refractivity contribution is -0.109. The van der Waals surface area contributed by atoms with E-state index in [1.807, 2.05) is 6.92 Å². The van der Waals surface area contributed by atoms with E-state index in [4.69, 9.17) is 22.1 Å². The number of aromatic nitrogens is 1. The van der Waals surface area contributed by atoms with E-state index >= 15 is 4.39 Å². The Morgan fingerprint density at radius 3 is 2.76 bits per heavy atom. The van der Waals surface area contributed by atoms with Crippen molar-refractivity contribution in [1.29, 1.82) is 0 Å². The number of carbonyl (C=O) groups is 2. The number of hydrogen-bond donors (Lipinski definition) is 3. The van der Waals surface area contributed by atoms with Crippen LogP contribution in [0.1, 0.15) is 41.9 Å². The number of primary amides is 1. The first kappa shape index (κ1) is 21.0. The Labute approximate surface area is 172 Å². The molecule has 29 heavy (non-hydrogen) atoms. The summed E-state index contributed by atoms with van der Waals surface area (Å²) < 4.78 is 21.0. The maximum atomic E-state index is 15.4. The Kier molecular flexibility index (Phi) is 6.66. The van der Waals surface area contributed by atoms with Crippen molar-refractivity contribution in [1.82, 2.24) is 15.6 Å². The van der Waals surface area contributed by atoms with Gasteiger partial charge in [0.1, 0.15) is 11.4 Å². The van der Waals surface area contributed by atoms with Crippen LogP contribution >= 0.6 is 11.6 Å². The maximum Gasteiger partial charge on any atom is 0.267 e. The molecule has 1 aliphatic carbocycles. The summed E-state index contributed by atoms with van der Waals surface area (Å²) in [5, 5.41) is 6.12. The molecule has 1 fully saturated rings. The van der Waals surface area contributed by atoms with Crippen molar-refractivity contribution < 1.29 is 18.7 Å². The van der Waals surface area contributed by atoms with Crippen LogP contribution in [0.3, 0.4) is 0 Å². The highest BCUT2D eigenvalue weighted by molar-refractivity contribution is 6.32. The first-order valence-corrected chi connectivity index (χ1v) is 9.63. The van der Waals surface area contributed by atoms with Crippen LogP contribution in [-0.4, -0.2) is 29.9 Å². The SMILES string of the molecule is C[C@H](CNC=O)N[C@@H](c1ccc(Cl)c(Oc2ccc(C(N)=O)nc2)c1F)C1CC1. The van der Waals surface area contributed by atoms with Crippen LogP contribution in [-0.2, 0) is 4.79 Å². The summed E-state index contributed by atoms with van der Waals surface area (Å²) in [4.78, 5) is 25.5. The van der Waals surface area contributed by atoms with Crippen LogP contribution in [0.2, 0.25) is 5.02 Å². The molecule has 0 unspecified atom stereocenters. The van der Waals surface area contributed by atoms with Gasteiger partial charge in [-0.3, -0.25) is 9.59 Å². The zero-order valence-electron chi connectivity index (χ0n) is 15.8. The van der Waals surface area contributed by atoms with Gasteiger partial charge in [0.2, 0.25) is 6.41 Å². The van der Waals surface area contributed by atoms with Crippen LogP contribution in [0.4, 0.5) is 4.39 Å². The summed E-state index contributed by atoms with van der Waals surface area (Å²) in [6.07, 6.45) is 3.90. The molecular formula is C20H22ClFN4O3. The fraction of sp³-hybridized carbons (Fsp3) is 0.350. The molecule has 1 saturated carbocycles. The van der Waals surface area contributed by atoms with Gasteiger partial charge in [0.05, 0.1) is 11.2 Å². The lowest BCUT2D eigenvalue weighted by atomic mass is 10.00. The van der Waals surface area contributed by atoms with Crippen LogP contribution in [0.5, 0.6) is 11.5 Å².